The zero-order valence-electron chi connectivity index (χ0n) is 12.1. The number of hydrogen-bond donors (Lipinski definition) is 1. The number of ether oxygens (including phenoxy) is 1. The van der Waals surface area contributed by atoms with Gasteiger partial charge in [0.25, 0.3) is 0 Å². The lowest BCUT2D eigenvalue weighted by atomic mass is 10.0. The van der Waals surface area contributed by atoms with Crippen LogP contribution in [0.4, 0.5) is 0 Å². The van der Waals surface area contributed by atoms with E-state index in [1.54, 1.807) is 0 Å². The SMILES string of the molecule is N#CC(C(=O)C(CC=O)Oc1ccc(O)cc1)N1CCCC1. The van der Waals surface area contributed by atoms with E-state index in [2.05, 4.69) is 0 Å². The van der Waals surface area contributed by atoms with E-state index in [0.29, 0.717) is 25.1 Å². The lowest BCUT2D eigenvalue weighted by Gasteiger charge is -2.24. The summed E-state index contributed by atoms with van der Waals surface area (Å²) in [7, 11) is 0. The second kappa shape index (κ2) is 7.57. The van der Waals surface area contributed by atoms with Gasteiger partial charge in [-0.15, -0.1) is 0 Å². The monoisotopic (exact) mass is 302 g/mol. The third-order valence-corrected chi connectivity index (χ3v) is 3.64. The number of phenols is 1. The Labute approximate surface area is 128 Å². The van der Waals surface area contributed by atoms with Crippen LogP contribution in [0, 0.1) is 11.3 Å². The fourth-order valence-electron chi connectivity index (χ4n) is 2.50. The summed E-state index contributed by atoms with van der Waals surface area (Å²) in [6, 6.07) is 7.02. The Morgan fingerprint density at radius 2 is 2.00 bits per heavy atom. The van der Waals surface area contributed by atoms with Gasteiger partial charge in [-0.2, -0.15) is 5.26 Å². The Balaban J connectivity index is 2.11. The number of ketones is 1. The number of carbonyl (C=O) groups is 2. The molecule has 0 aliphatic carbocycles. The molecule has 0 spiro atoms. The molecule has 1 aromatic carbocycles. The fourth-order valence-corrected chi connectivity index (χ4v) is 2.50. The summed E-state index contributed by atoms with van der Waals surface area (Å²) >= 11 is 0. The lowest BCUT2D eigenvalue weighted by Crippen LogP contribution is -2.45. The fraction of sp³-hybridized carbons (Fsp3) is 0.438. The Morgan fingerprint density at radius 3 is 2.55 bits per heavy atom. The molecule has 6 heteroatoms. The smallest absolute Gasteiger partial charge is 0.205 e. The molecule has 2 unspecified atom stereocenters. The molecule has 0 radical (unpaired) electrons. The summed E-state index contributed by atoms with van der Waals surface area (Å²) in [4.78, 5) is 25.2. The van der Waals surface area contributed by atoms with Crippen molar-refractivity contribution in [2.45, 2.75) is 31.4 Å². The normalized spacial score (nSPS) is 17.4. The van der Waals surface area contributed by atoms with Crippen molar-refractivity contribution in [2.75, 3.05) is 13.1 Å². The summed E-state index contributed by atoms with van der Waals surface area (Å²) < 4.78 is 5.54. The molecule has 1 aliphatic rings. The van der Waals surface area contributed by atoms with Gasteiger partial charge in [-0.1, -0.05) is 0 Å². The highest BCUT2D eigenvalue weighted by Crippen LogP contribution is 2.20. The predicted molar refractivity (Wildman–Crippen MR) is 78.4 cm³/mol. The van der Waals surface area contributed by atoms with Gasteiger partial charge in [0, 0.05) is 6.42 Å². The number of benzene rings is 1. The van der Waals surface area contributed by atoms with Crippen LogP contribution < -0.4 is 4.74 Å². The van der Waals surface area contributed by atoms with Crippen LogP contribution in [-0.2, 0) is 9.59 Å². The van der Waals surface area contributed by atoms with Gasteiger partial charge < -0.3 is 14.6 Å². The van der Waals surface area contributed by atoms with Crippen LogP contribution in [0.25, 0.3) is 0 Å². The molecule has 1 heterocycles. The van der Waals surface area contributed by atoms with Gasteiger partial charge in [0.2, 0.25) is 5.78 Å². The largest absolute Gasteiger partial charge is 0.508 e. The summed E-state index contributed by atoms with van der Waals surface area (Å²) in [5, 5.41) is 18.5. The van der Waals surface area contributed by atoms with Crippen molar-refractivity contribution in [3.05, 3.63) is 24.3 Å². The third kappa shape index (κ3) is 3.83. The maximum atomic E-state index is 12.5. The summed E-state index contributed by atoms with van der Waals surface area (Å²) in [6.45, 7) is 1.41. The van der Waals surface area contributed by atoms with Gasteiger partial charge in [-0.25, -0.2) is 0 Å². The maximum absolute atomic E-state index is 12.5. The van der Waals surface area contributed by atoms with Gasteiger partial charge in [-0.3, -0.25) is 9.69 Å². The third-order valence-electron chi connectivity index (χ3n) is 3.64. The molecule has 22 heavy (non-hydrogen) atoms. The van der Waals surface area contributed by atoms with Crippen LogP contribution in [0.1, 0.15) is 19.3 Å². The molecule has 0 saturated carbocycles. The van der Waals surface area contributed by atoms with Crippen molar-refractivity contribution < 1.29 is 19.4 Å². The molecule has 1 aromatic rings. The first-order chi connectivity index (χ1) is 10.7. The van der Waals surface area contributed by atoms with Gasteiger partial charge in [0.15, 0.2) is 12.1 Å². The van der Waals surface area contributed by atoms with Crippen LogP contribution >= 0.6 is 0 Å². The molecular weight excluding hydrogens is 284 g/mol. The number of carbonyl (C=O) groups excluding carboxylic acids is 2. The van der Waals surface area contributed by atoms with E-state index in [4.69, 9.17) is 4.74 Å². The highest BCUT2D eigenvalue weighted by Gasteiger charge is 2.34. The zero-order valence-corrected chi connectivity index (χ0v) is 12.1. The van der Waals surface area contributed by atoms with Crippen molar-refractivity contribution >= 4 is 12.1 Å². The molecule has 2 atom stereocenters. The van der Waals surface area contributed by atoms with E-state index in [0.717, 1.165) is 12.8 Å². The number of nitrogens with zero attached hydrogens (tertiary/aromatic N) is 2. The first kappa shape index (κ1) is 16.0. The summed E-state index contributed by atoms with van der Waals surface area (Å²) in [5.74, 6) is 0.0540. The molecular formula is C16H18N2O4. The Hall–Kier alpha value is -2.39. The average molecular weight is 302 g/mol. The first-order valence-corrected chi connectivity index (χ1v) is 7.22. The van der Waals surface area contributed by atoms with Crippen molar-refractivity contribution in [1.82, 2.24) is 4.90 Å². The number of likely N-dealkylation sites (tertiary alicyclic amines) is 1. The second-order valence-electron chi connectivity index (χ2n) is 5.18. The van der Waals surface area contributed by atoms with Crippen LogP contribution in [0.3, 0.4) is 0 Å². The van der Waals surface area contributed by atoms with Crippen molar-refractivity contribution in [1.29, 1.82) is 5.26 Å². The van der Waals surface area contributed by atoms with Crippen LogP contribution in [-0.4, -0.2) is 47.3 Å². The molecule has 1 saturated heterocycles. The molecule has 116 valence electrons. The lowest BCUT2D eigenvalue weighted by molar-refractivity contribution is -0.131. The predicted octanol–water partition coefficient (Wildman–Crippen LogP) is 1.29. The maximum Gasteiger partial charge on any atom is 0.205 e. The number of aromatic hydroxyl groups is 1. The van der Waals surface area contributed by atoms with E-state index >= 15 is 0 Å². The number of aldehydes is 1. The molecule has 0 bridgehead atoms. The number of Topliss-reactive ketones (excluding diaryl/α,β-unsaturated/α-hetero) is 1. The number of phenolic OH excluding ortho intramolecular Hbond substituents is 1. The van der Waals surface area contributed by atoms with Gasteiger partial charge in [0.05, 0.1) is 6.07 Å². The zero-order chi connectivity index (χ0) is 15.9. The minimum absolute atomic E-state index is 0.0811. The van der Waals surface area contributed by atoms with Crippen LogP contribution in [0.15, 0.2) is 24.3 Å². The van der Waals surface area contributed by atoms with E-state index in [-0.39, 0.29) is 12.2 Å². The van der Waals surface area contributed by atoms with Crippen LogP contribution in [0.5, 0.6) is 11.5 Å². The second-order valence-corrected chi connectivity index (χ2v) is 5.18. The molecule has 6 nitrogen and oxygen atoms in total. The summed E-state index contributed by atoms with van der Waals surface area (Å²) in [6.07, 6.45) is 1.44. The standard InChI is InChI=1S/C16H18N2O4/c17-11-14(18-8-1-2-9-18)16(21)15(7-10-19)22-13-5-3-12(20)4-6-13/h3-6,10,14-15,20H,1-2,7-9H2. The minimum Gasteiger partial charge on any atom is -0.508 e. The first-order valence-electron chi connectivity index (χ1n) is 7.22. The number of rotatable bonds is 7. The van der Waals surface area contributed by atoms with Crippen LogP contribution in [0.2, 0.25) is 0 Å². The highest BCUT2D eigenvalue weighted by atomic mass is 16.5. The van der Waals surface area contributed by atoms with Gasteiger partial charge in [0.1, 0.15) is 17.8 Å². The van der Waals surface area contributed by atoms with E-state index in [1.165, 1.54) is 24.3 Å². The average Bonchev–Trinajstić information content (AvgIpc) is 3.04. The van der Waals surface area contributed by atoms with Gasteiger partial charge >= 0.3 is 0 Å². The van der Waals surface area contributed by atoms with Crippen molar-refractivity contribution in [3.63, 3.8) is 0 Å². The molecule has 1 N–H and O–H groups in total. The minimum atomic E-state index is -0.993. The van der Waals surface area contributed by atoms with Crippen molar-refractivity contribution in [2.24, 2.45) is 0 Å². The summed E-state index contributed by atoms with van der Waals surface area (Å²) in [5.41, 5.74) is 0. The number of nitriles is 1. The van der Waals surface area contributed by atoms with E-state index < -0.39 is 17.9 Å². The highest BCUT2D eigenvalue weighted by molar-refractivity contribution is 5.92. The molecule has 0 aromatic heterocycles. The van der Waals surface area contributed by atoms with Gasteiger partial charge in [-0.05, 0) is 50.2 Å². The van der Waals surface area contributed by atoms with E-state index in [1.807, 2.05) is 11.0 Å². The van der Waals surface area contributed by atoms with Crippen molar-refractivity contribution in [3.8, 4) is 17.6 Å². The Kier molecular flexibility index (Phi) is 5.50. The Bertz CT molecular complexity index is 559. The molecule has 0 amide bonds. The molecule has 2 rings (SSSR count). The quantitative estimate of drug-likeness (QED) is 0.763. The molecule has 1 fully saturated rings. The molecule has 1 aliphatic heterocycles. The topological polar surface area (TPSA) is 90.6 Å². The Morgan fingerprint density at radius 1 is 1.36 bits per heavy atom. The number of hydrogen-bond acceptors (Lipinski definition) is 6. The van der Waals surface area contributed by atoms with E-state index in [9.17, 15) is 20.0 Å².